The summed E-state index contributed by atoms with van der Waals surface area (Å²) in [5.41, 5.74) is 0.954. The largest absolute Gasteiger partial charge is 0.462 e. The van der Waals surface area contributed by atoms with Gasteiger partial charge in [0.25, 0.3) is 0 Å². The molecule has 2 fully saturated rings. The van der Waals surface area contributed by atoms with Gasteiger partial charge < -0.3 is 4.74 Å². The highest BCUT2D eigenvalue weighted by Gasteiger charge is 2.52. The van der Waals surface area contributed by atoms with Crippen molar-refractivity contribution < 1.29 is 9.53 Å². The molecule has 0 N–H and O–H groups in total. The Labute approximate surface area is 146 Å². The zero-order valence-corrected chi connectivity index (χ0v) is 15.5. The molecule has 1 aromatic rings. The molecule has 23 heavy (non-hydrogen) atoms. The number of cyclic esters (lactones) is 1. The highest BCUT2D eigenvalue weighted by molar-refractivity contribution is 9.10. The van der Waals surface area contributed by atoms with Gasteiger partial charge in [0.2, 0.25) is 0 Å². The molecule has 3 rings (SSSR count). The molecule has 2 heterocycles. The highest BCUT2D eigenvalue weighted by Crippen LogP contribution is 2.50. The van der Waals surface area contributed by atoms with Gasteiger partial charge >= 0.3 is 5.97 Å². The molecule has 1 aromatic heterocycles. The van der Waals surface area contributed by atoms with Crippen molar-refractivity contribution in [3.05, 3.63) is 34.6 Å². The molecule has 2 aliphatic rings. The molecule has 0 aromatic carbocycles. The van der Waals surface area contributed by atoms with Crippen LogP contribution < -0.4 is 0 Å². The van der Waals surface area contributed by atoms with Crippen LogP contribution in [-0.4, -0.2) is 17.1 Å². The lowest BCUT2D eigenvalue weighted by Gasteiger charge is -2.41. The summed E-state index contributed by atoms with van der Waals surface area (Å²) in [5, 5.41) is 0. The fourth-order valence-corrected chi connectivity index (χ4v) is 4.78. The number of halogens is 1. The molecule has 0 spiro atoms. The van der Waals surface area contributed by atoms with Crippen LogP contribution in [0, 0.1) is 29.6 Å². The molecule has 0 bridgehead atoms. The van der Waals surface area contributed by atoms with Crippen molar-refractivity contribution in [1.82, 2.24) is 4.98 Å². The Bertz CT molecular complexity index is 598. The number of carbonyl (C=O) groups excluding carboxylic acids is 1. The predicted octanol–water partition coefficient (Wildman–Crippen LogP) is 4.72. The minimum atomic E-state index is 0.00377. The first kappa shape index (κ1) is 16.7. The molecule has 0 unspecified atom stereocenters. The van der Waals surface area contributed by atoms with Crippen LogP contribution in [0.3, 0.4) is 0 Å². The van der Waals surface area contributed by atoms with E-state index in [2.05, 4.69) is 46.9 Å². The number of rotatable bonds is 3. The minimum absolute atomic E-state index is 0.00377. The van der Waals surface area contributed by atoms with Crippen molar-refractivity contribution in [2.75, 3.05) is 0 Å². The van der Waals surface area contributed by atoms with E-state index in [1.165, 1.54) is 0 Å². The van der Waals surface area contributed by atoms with E-state index in [0.717, 1.165) is 23.0 Å². The van der Waals surface area contributed by atoms with Gasteiger partial charge in [0.15, 0.2) is 0 Å². The van der Waals surface area contributed by atoms with E-state index in [0.29, 0.717) is 23.7 Å². The lowest BCUT2D eigenvalue weighted by molar-refractivity contribution is -0.144. The first-order valence-electron chi connectivity index (χ1n) is 8.51. The minimum Gasteiger partial charge on any atom is -0.462 e. The van der Waals surface area contributed by atoms with E-state index >= 15 is 0 Å². The van der Waals surface area contributed by atoms with E-state index in [1.54, 1.807) is 0 Å². The Hall–Kier alpha value is -1.16. The number of allylic oxidation sites excluding steroid dienone is 1. The van der Waals surface area contributed by atoms with Crippen LogP contribution in [0.25, 0.3) is 6.08 Å². The Balaban J connectivity index is 1.88. The van der Waals surface area contributed by atoms with Gasteiger partial charge in [-0.05, 0) is 65.2 Å². The van der Waals surface area contributed by atoms with Crippen LogP contribution in [0.5, 0.6) is 0 Å². The fraction of sp³-hybridized carbons (Fsp3) is 0.579. The smallest absolute Gasteiger partial charge is 0.309 e. The number of pyridine rings is 1. The molecule has 124 valence electrons. The molecular formula is C19H24BrNO2. The number of carbonyl (C=O) groups is 1. The third kappa shape index (κ3) is 3.23. The first-order valence-corrected chi connectivity index (χ1v) is 9.30. The van der Waals surface area contributed by atoms with Crippen LogP contribution in [0.4, 0.5) is 0 Å². The molecule has 4 heteroatoms. The first-order chi connectivity index (χ1) is 11.0. The molecule has 1 saturated carbocycles. The van der Waals surface area contributed by atoms with Crippen molar-refractivity contribution in [3.63, 3.8) is 0 Å². The number of aromatic nitrogens is 1. The summed E-state index contributed by atoms with van der Waals surface area (Å²) in [6.07, 6.45) is 8.30. The topological polar surface area (TPSA) is 39.2 Å². The van der Waals surface area contributed by atoms with Crippen LogP contribution >= 0.6 is 15.9 Å². The van der Waals surface area contributed by atoms with Gasteiger partial charge in [-0.2, -0.15) is 0 Å². The van der Waals surface area contributed by atoms with Gasteiger partial charge in [0.05, 0.1) is 11.6 Å². The van der Waals surface area contributed by atoms with Gasteiger partial charge in [0.1, 0.15) is 6.10 Å². The van der Waals surface area contributed by atoms with Crippen LogP contribution in [0.15, 0.2) is 28.9 Å². The van der Waals surface area contributed by atoms with Gasteiger partial charge in [-0.1, -0.05) is 26.3 Å². The molecule has 1 aliphatic heterocycles. The standard InChI is InChI=1S/C19H24BrNO2/c1-4-15-11(2)9-17-18(12(3)23-19(17)22)16(15)8-7-14-6-5-13(20)10-21-14/h5-8,10-12,15-18H,4,9H2,1-3H3/b8-7+/t11-,12+,15+,16-,17+,18-/m0/s1. The molecule has 6 atom stereocenters. The summed E-state index contributed by atoms with van der Waals surface area (Å²) in [5.74, 6) is 1.89. The average molecular weight is 378 g/mol. The van der Waals surface area contributed by atoms with Gasteiger partial charge in [-0.25, -0.2) is 0 Å². The molecule has 1 saturated heterocycles. The summed E-state index contributed by atoms with van der Waals surface area (Å²) in [6, 6.07) is 4.01. The number of hydrogen-bond donors (Lipinski definition) is 0. The van der Waals surface area contributed by atoms with Crippen LogP contribution in [0.2, 0.25) is 0 Å². The second kappa shape index (κ2) is 6.76. The summed E-state index contributed by atoms with van der Waals surface area (Å²) in [4.78, 5) is 16.6. The van der Waals surface area contributed by atoms with Crippen molar-refractivity contribution >= 4 is 28.0 Å². The number of hydrogen-bond acceptors (Lipinski definition) is 3. The molecule has 3 nitrogen and oxygen atoms in total. The molecular weight excluding hydrogens is 354 g/mol. The van der Waals surface area contributed by atoms with Crippen LogP contribution in [0.1, 0.15) is 39.3 Å². The number of nitrogens with zero attached hydrogens (tertiary/aromatic N) is 1. The average Bonchev–Trinajstić information content (AvgIpc) is 2.80. The zero-order chi connectivity index (χ0) is 16.6. The molecule has 0 radical (unpaired) electrons. The number of ether oxygens (including phenoxy) is 1. The maximum atomic E-state index is 12.2. The van der Waals surface area contributed by atoms with E-state index in [-0.39, 0.29) is 18.0 Å². The van der Waals surface area contributed by atoms with Crippen LogP contribution in [-0.2, 0) is 9.53 Å². The van der Waals surface area contributed by atoms with Gasteiger partial charge in [0, 0.05) is 16.6 Å². The zero-order valence-electron chi connectivity index (χ0n) is 13.9. The molecule has 0 amide bonds. The predicted molar refractivity (Wildman–Crippen MR) is 94.6 cm³/mol. The summed E-state index contributed by atoms with van der Waals surface area (Å²) in [6.45, 7) is 6.58. The Morgan fingerprint density at radius 3 is 2.83 bits per heavy atom. The highest BCUT2D eigenvalue weighted by atomic mass is 79.9. The Morgan fingerprint density at radius 2 is 2.17 bits per heavy atom. The maximum Gasteiger partial charge on any atom is 0.309 e. The lowest BCUT2D eigenvalue weighted by Crippen LogP contribution is -2.40. The van der Waals surface area contributed by atoms with E-state index in [4.69, 9.17) is 4.74 Å². The number of esters is 1. The van der Waals surface area contributed by atoms with Crippen molar-refractivity contribution in [1.29, 1.82) is 0 Å². The normalized spacial score (nSPS) is 37.0. The van der Waals surface area contributed by atoms with Gasteiger partial charge in [-0.3, -0.25) is 9.78 Å². The summed E-state index contributed by atoms with van der Waals surface area (Å²) in [7, 11) is 0. The van der Waals surface area contributed by atoms with Crippen molar-refractivity contribution in [2.45, 2.75) is 39.7 Å². The fourth-order valence-electron chi connectivity index (χ4n) is 4.55. The third-order valence-electron chi connectivity index (χ3n) is 5.62. The third-order valence-corrected chi connectivity index (χ3v) is 6.09. The molecule has 1 aliphatic carbocycles. The quantitative estimate of drug-likeness (QED) is 0.715. The second-order valence-electron chi connectivity index (χ2n) is 6.95. The Morgan fingerprint density at radius 1 is 1.39 bits per heavy atom. The second-order valence-corrected chi connectivity index (χ2v) is 7.86. The van der Waals surface area contributed by atoms with Crippen molar-refractivity contribution in [3.8, 4) is 0 Å². The van der Waals surface area contributed by atoms with Gasteiger partial charge in [-0.15, -0.1) is 0 Å². The monoisotopic (exact) mass is 377 g/mol. The lowest BCUT2D eigenvalue weighted by atomic mass is 9.61. The van der Waals surface area contributed by atoms with E-state index in [9.17, 15) is 4.79 Å². The maximum absolute atomic E-state index is 12.2. The number of fused-ring (bicyclic) bond motifs is 1. The van der Waals surface area contributed by atoms with E-state index < -0.39 is 0 Å². The summed E-state index contributed by atoms with van der Waals surface area (Å²) < 4.78 is 6.54. The van der Waals surface area contributed by atoms with E-state index in [1.807, 2.05) is 25.3 Å². The summed E-state index contributed by atoms with van der Waals surface area (Å²) >= 11 is 3.41. The SMILES string of the molecule is CC[C@H]1[C@H](/C=C/c2ccc(Br)cn2)[C@@H]2[C@@H](C)OC(=O)[C@@H]2C[C@@H]1C. The Kier molecular flexibility index (Phi) is 4.90. The van der Waals surface area contributed by atoms with Crippen molar-refractivity contribution in [2.24, 2.45) is 29.6 Å².